The van der Waals surface area contributed by atoms with Crippen molar-refractivity contribution in [3.63, 3.8) is 0 Å². The van der Waals surface area contributed by atoms with Gasteiger partial charge in [-0.1, -0.05) is 60.6 Å². The molecule has 2 aromatic carbocycles. The molecular weight excluding hydrogens is 417 g/mol. The summed E-state index contributed by atoms with van der Waals surface area (Å²) >= 11 is 1.44. The zero-order chi connectivity index (χ0) is 21.5. The quantitative estimate of drug-likeness (QED) is 0.322. The van der Waals surface area contributed by atoms with Crippen LogP contribution in [0.5, 0.6) is 5.75 Å². The van der Waals surface area contributed by atoms with E-state index in [0.29, 0.717) is 22.6 Å². The minimum absolute atomic E-state index is 0.0745. The van der Waals surface area contributed by atoms with Crippen LogP contribution in [0.4, 0.5) is 4.39 Å². The van der Waals surface area contributed by atoms with E-state index in [4.69, 9.17) is 9.26 Å². The molecule has 0 saturated carbocycles. The highest BCUT2D eigenvalue weighted by atomic mass is 32.2. The zero-order valence-corrected chi connectivity index (χ0v) is 17.9. The number of para-hydroxylation sites is 2. The highest BCUT2D eigenvalue weighted by Crippen LogP contribution is 2.26. The van der Waals surface area contributed by atoms with Gasteiger partial charge in [0.05, 0.1) is 5.75 Å². The summed E-state index contributed by atoms with van der Waals surface area (Å²) in [4.78, 5) is 4.44. The largest absolute Gasteiger partial charge is 0.483 e. The van der Waals surface area contributed by atoms with Crippen molar-refractivity contribution in [3.05, 3.63) is 78.0 Å². The molecule has 0 spiro atoms. The minimum Gasteiger partial charge on any atom is -0.483 e. The van der Waals surface area contributed by atoms with E-state index in [1.165, 1.54) is 17.8 Å². The van der Waals surface area contributed by atoms with Gasteiger partial charge in [0.2, 0.25) is 5.89 Å². The molecule has 2 aromatic heterocycles. The molecule has 0 atom stereocenters. The number of halogens is 1. The smallest absolute Gasteiger partial charge is 0.237 e. The van der Waals surface area contributed by atoms with Gasteiger partial charge in [0.25, 0.3) is 0 Å². The van der Waals surface area contributed by atoms with Crippen molar-refractivity contribution in [2.45, 2.75) is 43.7 Å². The Hall–Kier alpha value is -3.20. The number of aromatic nitrogens is 5. The van der Waals surface area contributed by atoms with Crippen LogP contribution in [0.2, 0.25) is 0 Å². The predicted molar refractivity (Wildman–Crippen MR) is 115 cm³/mol. The summed E-state index contributed by atoms with van der Waals surface area (Å²) in [6, 6.07) is 16.0. The SMILES string of the molecule is CCCCc1noc(CSc2nnc(COc3ccccc3F)n2-c2ccccc2)n1. The molecule has 0 fully saturated rings. The first-order chi connectivity index (χ1) is 15.2. The van der Waals surface area contributed by atoms with E-state index in [0.717, 1.165) is 30.8 Å². The van der Waals surface area contributed by atoms with Gasteiger partial charge in [-0.05, 0) is 30.7 Å². The van der Waals surface area contributed by atoms with Crippen LogP contribution in [-0.4, -0.2) is 24.9 Å². The third-order valence-corrected chi connectivity index (χ3v) is 5.41. The number of hydrogen-bond donors (Lipinski definition) is 0. The van der Waals surface area contributed by atoms with E-state index in [2.05, 4.69) is 27.3 Å². The molecule has 9 heteroatoms. The molecule has 4 aromatic rings. The zero-order valence-electron chi connectivity index (χ0n) is 17.1. The number of hydrogen-bond acceptors (Lipinski definition) is 7. The van der Waals surface area contributed by atoms with Crippen molar-refractivity contribution in [1.82, 2.24) is 24.9 Å². The summed E-state index contributed by atoms with van der Waals surface area (Å²) in [5, 5.41) is 13.3. The van der Waals surface area contributed by atoms with Crippen LogP contribution in [-0.2, 0) is 18.8 Å². The molecule has 160 valence electrons. The third-order valence-electron chi connectivity index (χ3n) is 4.50. The number of unbranched alkanes of at least 4 members (excludes halogenated alkanes) is 1. The first-order valence-electron chi connectivity index (χ1n) is 10.1. The molecule has 0 amide bonds. The first-order valence-corrected chi connectivity index (χ1v) is 11.0. The lowest BCUT2D eigenvalue weighted by molar-refractivity contribution is 0.278. The molecule has 0 aliphatic rings. The normalized spacial score (nSPS) is 11.0. The maximum absolute atomic E-state index is 13.9. The molecule has 7 nitrogen and oxygen atoms in total. The fourth-order valence-corrected chi connectivity index (χ4v) is 3.75. The highest BCUT2D eigenvalue weighted by Gasteiger charge is 2.17. The number of nitrogens with zero attached hydrogens (tertiary/aromatic N) is 5. The Kier molecular flexibility index (Phi) is 6.93. The Labute approximate surface area is 183 Å². The van der Waals surface area contributed by atoms with Gasteiger partial charge >= 0.3 is 0 Å². The number of benzene rings is 2. The molecule has 0 unspecified atom stereocenters. The van der Waals surface area contributed by atoms with Crippen molar-refractivity contribution < 1.29 is 13.7 Å². The van der Waals surface area contributed by atoms with Gasteiger partial charge in [0.1, 0.15) is 6.61 Å². The summed E-state index contributed by atoms with van der Waals surface area (Å²) < 4.78 is 26.8. The van der Waals surface area contributed by atoms with E-state index in [1.807, 2.05) is 34.9 Å². The number of aryl methyl sites for hydroxylation is 1. The topological polar surface area (TPSA) is 78.9 Å². The van der Waals surface area contributed by atoms with E-state index in [9.17, 15) is 4.39 Å². The number of ether oxygens (including phenoxy) is 1. The van der Waals surface area contributed by atoms with Crippen molar-refractivity contribution >= 4 is 11.8 Å². The maximum atomic E-state index is 13.9. The molecule has 0 N–H and O–H groups in total. The van der Waals surface area contributed by atoms with Crippen LogP contribution in [0.25, 0.3) is 5.69 Å². The average Bonchev–Trinajstić information content (AvgIpc) is 3.43. The number of thioether (sulfide) groups is 1. The maximum Gasteiger partial charge on any atom is 0.237 e. The van der Waals surface area contributed by atoms with Gasteiger partial charge in [-0.25, -0.2) is 4.39 Å². The summed E-state index contributed by atoms with van der Waals surface area (Å²) in [7, 11) is 0. The van der Waals surface area contributed by atoms with Crippen LogP contribution in [0.3, 0.4) is 0 Å². The van der Waals surface area contributed by atoms with Gasteiger partial charge in [-0.3, -0.25) is 4.57 Å². The molecule has 0 radical (unpaired) electrons. The summed E-state index contributed by atoms with van der Waals surface area (Å²) in [5.41, 5.74) is 0.885. The molecule has 31 heavy (non-hydrogen) atoms. The average molecular weight is 440 g/mol. The molecule has 0 aliphatic carbocycles. The Morgan fingerprint density at radius 2 is 1.87 bits per heavy atom. The Morgan fingerprint density at radius 3 is 2.68 bits per heavy atom. The molecule has 4 rings (SSSR count). The van der Waals surface area contributed by atoms with E-state index < -0.39 is 5.82 Å². The van der Waals surface area contributed by atoms with Crippen molar-refractivity contribution in [1.29, 1.82) is 0 Å². The molecule has 0 saturated heterocycles. The summed E-state index contributed by atoms with van der Waals surface area (Å²) in [5.74, 6) is 2.05. The van der Waals surface area contributed by atoms with E-state index in [1.54, 1.807) is 18.2 Å². The molecule has 2 heterocycles. The van der Waals surface area contributed by atoms with Crippen molar-refractivity contribution in [2.75, 3.05) is 0 Å². The molecule has 0 bridgehead atoms. The van der Waals surface area contributed by atoms with Gasteiger partial charge in [0, 0.05) is 12.1 Å². The van der Waals surface area contributed by atoms with Crippen LogP contribution in [0.1, 0.15) is 37.3 Å². The van der Waals surface area contributed by atoms with Crippen LogP contribution in [0, 0.1) is 5.82 Å². The summed E-state index contributed by atoms with van der Waals surface area (Å²) in [6.45, 7) is 2.20. The monoisotopic (exact) mass is 439 g/mol. The van der Waals surface area contributed by atoms with E-state index in [-0.39, 0.29) is 12.4 Å². The van der Waals surface area contributed by atoms with Crippen LogP contribution < -0.4 is 4.74 Å². The second-order valence-electron chi connectivity index (χ2n) is 6.79. The van der Waals surface area contributed by atoms with Gasteiger partial charge in [-0.2, -0.15) is 4.98 Å². The lowest BCUT2D eigenvalue weighted by atomic mass is 10.2. The standard InChI is InChI=1S/C22H22FN5O2S/c1-2-3-13-19-24-21(30-27-19)15-31-22-26-25-20(28(22)16-9-5-4-6-10-16)14-29-18-12-8-7-11-17(18)23/h4-12H,2-3,13-15H2,1H3. The third kappa shape index (κ3) is 5.29. The molecular formula is C22H22FN5O2S. The van der Waals surface area contributed by atoms with Crippen LogP contribution >= 0.6 is 11.8 Å². The lowest BCUT2D eigenvalue weighted by Gasteiger charge is -2.11. The van der Waals surface area contributed by atoms with Crippen LogP contribution in [0.15, 0.2) is 64.3 Å². The molecule has 0 aliphatic heterocycles. The van der Waals surface area contributed by atoms with E-state index >= 15 is 0 Å². The van der Waals surface area contributed by atoms with Gasteiger partial charge in [-0.15, -0.1) is 10.2 Å². The Bertz CT molecular complexity index is 1120. The van der Waals surface area contributed by atoms with Gasteiger partial charge in [0.15, 0.2) is 28.4 Å². The van der Waals surface area contributed by atoms with Crippen molar-refractivity contribution in [2.24, 2.45) is 0 Å². The van der Waals surface area contributed by atoms with Crippen molar-refractivity contribution in [3.8, 4) is 11.4 Å². The first kappa shape index (κ1) is 21.0. The second-order valence-corrected chi connectivity index (χ2v) is 7.73. The minimum atomic E-state index is -0.418. The lowest BCUT2D eigenvalue weighted by Crippen LogP contribution is -2.07. The Morgan fingerprint density at radius 1 is 1.06 bits per heavy atom. The predicted octanol–water partition coefficient (Wildman–Crippen LogP) is 5.00. The summed E-state index contributed by atoms with van der Waals surface area (Å²) in [6.07, 6.45) is 2.92. The Balaban J connectivity index is 1.52. The fourth-order valence-electron chi connectivity index (χ4n) is 2.94. The second kappa shape index (κ2) is 10.2. The fraction of sp³-hybridized carbons (Fsp3) is 0.273. The number of rotatable bonds is 10. The highest BCUT2D eigenvalue weighted by molar-refractivity contribution is 7.98. The van der Waals surface area contributed by atoms with Gasteiger partial charge < -0.3 is 9.26 Å².